The van der Waals surface area contributed by atoms with Crippen molar-refractivity contribution in [1.29, 1.82) is 0 Å². The summed E-state index contributed by atoms with van der Waals surface area (Å²) in [6, 6.07) is -2.16. The van der Waals surface area contributed by atoms with Crippen molar-refractivity contribution in [2.75, 3.05) is 13.2 Å². The van der Waals surface area contributed by atoms with Gasteiger partial charge in [-0.3, -0.25) is 9.08 Å². The Labute approximate surface area is 159 Å². The fourth-order valence-corrected chi connectivity index (χ4v) is 3.80. The van der Waals surface area contributed by atoms with E-state index in [0.29, 0.717) is 0 Å². The Morgan fingerprint density at radius 1 is 1.04 bits per heavy atom. The summed E-state index contributed by atoms with van der Waals surface area (Å²) < 4.78 is 56.5. The summed E-state index contributed by atoms with van der Waals surface area (Å²) in [5, 5.41) is 0. The van der Waals surface area contributed by atoms with E-state index in [1.165, 1.54) is 0 Å². The molecule has 0 radical (unpaired) electrons. The number of carbonyl (C=O) groups is 2. The van der Waals surface area contributed by atoms with Crippen LogP contribution in [0.2, 0.25) is 0 Å². The van der Waals surface area contributed by atoms with E-state index in [1.807, 2.05) is 0 Å². The number of carbonyl (C=O) groups excluding carboxylic acids is 2. The quantitative estimate of drug-likeness (QED) is 0.658. The van der Waals surface area contributed by atoms with Crippen molar-refractivity contribution >= 4 is 23.5 Å². The average molecular weight is 412 g/mol. The molecule has 0 aromatic carbocycles. The lowest BCUT2D eigenvalue weighted by molar-refractivity contribution is -0.00335. The van der Waals surface area contributed by atoms with Crippen molar-refractivity contribution in [3.8, 4) is 0 Å². The molecule has 2 fully saturated rings. The second kappa shape index (κ2) is 7.16. The lowest BCUT2D eigenvalue weighted by atomic mass is 10.1. The van der Waals surface area contributed by atoms with Crippen molar-refractivity contribution < 1.29 is 36.2 Å². The summed E-state index contributed by atoms with van der Waals surface area (Å²) in [7, 11) is 0. The van der Waals surface area contributed by atoms with Gasteiger partial charge >= 0.3 is 12.2 Å². The second-order valence-electron chi connectivity index (χ2n) is 8.61. The molecule has 0 spiro atoms. The number of likely N-dealkylation sites (tertiary alicyclic amines) is 1. The third-order valence-electron chi connectivity index (χ3n) is 3.76. The highest BCUT2D eigenvalue weighted by molar-refractivity contribution is 7.78. The number of amides is 2. The zero-order chi connectivity index (χ0) is 20.8. The zero-order valence-corrected chi connectivity index (χ0v) is 17.1. The van der Waals surface area contributed by atoms with Crippen LogP contribution < -0.4 is 0 Å². The van der Waals surface area contributed by atoms with Gasteiger partial charge in [-0.15, -0.1) is 0 Å². The van der Waals surface area contributed by atoms with Gasteiger partial charge in [0.1, 0.15) is 11.2 Å². The summed E-state index contributed by atoms with van der Waals surface area (Å²) in [5.41, 5.74) is -1.75. The fraction of sp³-hybridized carbons (Fsp3) is 0.875. The normalized spacial score (nSPS) is 28.4. The maximum absolute atomic E-state index is 14.1. The maximum atomic E-state index is 14.1. The molecular formula is C16H26F2N2O6S. The molecule has 0 saturated carbocycles. The van der Waals surface area contributed by atoms with Gasteiger partial charge in [-0.2, -0.15) is 4.31 Å². The molecule has 3 atom stereocenters. The van der Waals surface area contributed by atoms with Crippen LogP contribution in [-0.4, -0.2) is 68.0 Å². The van der Waals surface area contributed by atoms with Gasteiger partial charge in [-0.1, -0.05) is 0 Å². The molecule has 0 N–H and O–H groups in total. The van der Waals surface area contributed by atoms with E-state index in [9.17, 15) is 22.6 Å². The molecule has 0 aromatic rings. The Balaban J connectivity index is 2.27. The molecule has 2 rings (SSSR count). The molecule has 8 nitrogen and oxygen atoms in total. The summed E-state index contributed by atoms with van der Waals surface area (Å²) in [5.74, 6) is -3.16. The molecule has 1 unspecified atom stereocenters. The molecule has 2 aliphatic rings. The van der Waals surface area contributed by atoms with Crippen molar-refractivity contribution in [3.05, 3.63) is 0 Å². The largest absolute Gasteiger partial charge is 0.444 e. The van der Waals surface area contributed by atoms with Crippen LogP contribution >= 0.6 is 0 Å². The van der Waals surface area contributed by atoms with Crippen LogP contribution in [0.25, 0.3) is 0 Å². The number of halogens is 2. The van der Waals surface area contributed by atoms with Gasteiger partial charge in [0.25, 0.3) is 17.2 Å². The Morgan fingerprint density at radius 3 is 2.07 bits per heavy atom. The van der Waals surface area contributed by atoms with E-state index in [1.54, 1.807) is 41.5 Å². The van der Waals surface area contributed by atoms with Crippen LogP contribution in [0.3, 0.4) is 0 Å². The van der Waals surface area contributed by atoms with Crippen molar-refractivity contribution in [2.45, 2.75) is 77.2 Å². The van der Waals surface area contributed by atoms with Crippen LogP contribution in [0.15, 0.2) is 0 Å². The average Bonchev–Trinajstić information content (AvgIpc) is 2.94. The predicted molar refractivity (Wildman–Crippen MR) is 92.2 cm³/mol. The number of hydrogen-bond donors (Lipinski definition) is 0. The van der Waals surface area contributed by atoms with Gasteiger partial charge < -0.3 is 9.47 Å². The van der Waals surface area contributed by atoms with Gasteiger partial charge in [-0.25, -0.2) is 22.6 Å². The van der Waals surface area contributed by atoms with E-state index in [4.69, 9.17) is 13.7 Å². The van der Waals surface area contributed by atoms with Gasteiger partial charge in [0.05, 0.1) is 25.2 Å². The topological polar surface area (TPSA) is 85.4 Å². The number of hydrogen-bond acceptors (Lipinski definition) is 6. The maximum Gasteiger partial charge on any atom is 0.424 e. The first-order chi connectivity index (χ1) is 12.1. The van der Waals surface area contributed by atoms with E-state index in [2.05, 4.69) is 0 Å². The minimum Gasteiger partial charge on any atom is -0.444 e. The lowest BCUT2D eigenvalue weighted by Crippen LogP contribution is -2.52. The molecule has 2 saturated heterocycles. The number of ether oxygens (including phenoxy) is 2. The minimum absolute atomic E-state index is 0.258. The molecule has 2 aliphatic heterocycles. The highest BCUT2D eigenvalue weighted by atomic mass is 32.2. The number of rotatable bonds is 1. The predicted octanol–water partition coefficient (Wildman–Crippen LogP) is 2.85. The zero-order valence-electron chi connectivity index (χ0n) is 16.3. The lowest BCUT2D eigenvalue weighted by Gasteiger charge is -2.33. The fourth-order valence-electron chi connectivity index (χ4n) is 2.84. The molecule has 0 bridgehead atoms. The third kappa shape index (κ3) is 5.50. The second-order valence-corrected chi connectivity index (χ2v) is 9.67. The van der Waals surface area contributed by atoms with Gasteiger partial charge in [-0.05, 0) is 41.5 Å². The summed E-state index contributed by atoms with van der Waals surface area (Å²) in [6.45, 7) is 8.62. The standard InChI is InChI=1S/C16H26F2N2O6S/c1-14(2,3)25-12(21)19-9-16(17,18)7-10(19)11-8-24-27(23)20(11)13(22)26-15(4,5)6/h10-11H,7-9H2,1-6H3/t10-,11-,27?/m0/s1. The van der Waals surface area contributed by atoms with E-state index < -0.39 is 65.6 Å². The minimum atomic E-state index is -3.16. The van der Waals surface area contributed by atoms with Crippen molar-refractivity contribution in [3.63, 3.8) is 0 Å². The van der Waals surface area contributed by atoms with E-state index in [-0.39, 0.29) is 6.61 Å². The first-order valence-corrected chi connectivity index (χ1v) is 9.58. The first kappa shape index (κ1) is 21.8. The summed E-state index contributed by atoms with van der Waals surface area (Å²) in [4.78, 5) is 25.7. The highest BCUT2D eigenvalue weighted by Gasteiger charge is 2.55. The van der Waals surface area contributed by atoms with Crippen molar-refractivity contribution in [2.24, 2.45) is 0 Å². The highest BCUT2D eigenvalue weighted by Crippen LogP contribution is 2.38. The van der Waals surface area contributed by atoms with Gasteiger partial charge in [0, 0.05) is 6.42 Å². The van der Waals surface area contributed by atoms with Crippen LogP contribution in [0.5, 0.6) is 0 Å². The molecule has 0 aromatic heterocycles. The molecule has 0 aliphatic carbocycles. The smallest absolute Gasteiger partial charge is 0.424 e. The van der Waals surface area contributed by atoms with Crippen LogP contribution in [-0.2, 0) is 24.9 Å². The molecule has 2 amide bonds. The monoisotopic (exact) mass is 412 g/mol. The van der Waals surface area contributed by atoms with Gasteiger partial charge in [0.15, 0.2) is 0 Å². The van der Waals surface area contributed by atoms with Crippen LogP contribution in [0.1, 0.15) is 48.0 Å². The van der Waals surface area contributed by atoms with Crippen LogP contribution in [0, 0.1) is 0 Å². The Kier molecular flexibility index (Phi) is 5.78. The number of nitrogens with zero attached hydrogens (tertiary/aromatic N) is 2. The summed E-state index contributed by atoms with van der Waals surface area (Å²) >= 11 is -2.19. The Bertz CT molecular complexity index is 631. The van der Waals surface area contributed by atoms with Crippen molar-refractivity contribution in [1.82, 2.24) is 9.21 Å². The SMILES string of the molecule is CC(C)(C)OC(=O)N1CC(F)(F)C[C@H]1[C@@H]1COS(=O)N1C(=O)OC(C)(C)C. The molecule has 156 valence electrons. The first-order valence-electron chi connectivity index (χ1n) is 8.54. The Hall–Kier alpha value is -1.49. The molecular weight excluding hydrogens is 386 g/mol. The van der Waals surface area contributed by atoms with Gasteiger partial charge in [0.2, 0.25) is 0 Å². The molecule has 27 heavy (non-hydrogen) atoms. The summed E-state index contributed by atoms with van der Waals surface area (Å²) in [6.07, 6.45) is -2.58. The Morgan fingerprint density at radius 2 is 1.56 bits per heavy atom. The molecule has 11 heteroatoms. The van der Waals surface area contributed by atoms with E-state index in [0.717, 1.165) is 9.21 Å². The van der Waals surface area contributed by atoms with E-state index >= 15 is 0 Å². The third-order valence-corrected chi connectivity index (χ3v) is 4.84. The molecule has 2 heterocycles. The number of alkyl halides is 2. The van der Waals surface area contributed by atoms with Crippen LogP contribution in [0.4, 0.5) is 18.4 Å².